The third-order valence-electron chi connectivity index (χ3n) is 6.53. The molecule has 34 heavy (non-hydrogen) atoms. The topological polar surface area (TPSA) is 79.0 Å². The van der Waals surface area contributed by atoms with E-state index >= 15 is 0 Å². The number of urea groups is 1. The Morgan fingerprint density at radius 2 is 1.88 bits per heavy atom. The maximum atomic E-state index is 13.3. The third-order valence-corrected chi connectivity index (χ3v) is 6.53. The minimum Gasteiger partial charge on any atom is -0.494 e. The molecule has 1 N–H and O–H groups in total. The molecule has 0 aliphatic carbocycles. The summed E-state index contributed by atoms with van der Waals surface area (Å²) in [6.07, 6.45) is 2.57. The number of ether oxygens (including phenoxy) is 1. The number of nitrogens with one attached hydrogen (secondary N) is 1. The largest absolute Gasteiger partial charge is 0.494 e. The van der Waals surface area contributed by atoms with E-state index in [0.29, 0.717) is 24.0 Å². The summed E-state index contributed by atoms with van der Waals surface area (Å²) in [6, 6.07) is 11.9. The van der Waals surface area contributed by atoms with Crippen LogP contribution in [0.2, 0.25) is 0 Å². The van der Waals surface area contributed by atoms with Gasteiger partial charge in [0, 0.05) is 23.8 Å². The summed E-state index contributed by atoms with van der Waals surface area (Å²) in [5.74, 6) is -0.490. The summed E-state index contributed by atoms with van der Waals surface area (Å²) in [5, 5.41) is 2.29. The van der Waals surface area contributed by atoms with Crippen molar-refractivity contribution < 1.29 is 19.1 Å². The van der Waals surface area contributed by atoms with Gasteiger partial charge in [-0.25, -0.2) is 9.69 Å². The van der Waals surface area contributed by atoms with Crippen LogP contribution in [-0.4, -0.2) is 36.5 Å². The van der Waals surface area contributed by atoms with E-state index in [1.165, 1.54) is 11.3 Å². The van der Waals surface area contributed by atoms with Crippen molar-refractivity contribution in [3.8, 4) is 5.75 Å². The first-order valence-electron chi connectivity index (χ1n) is 11.7. The Labute approximate surface area is 200 Å². The first-order chi connectivity index (χ1) is 16.2. The van der Waals surface area contributed by atoms with Crippen molar-refractivity contribution in [1.29, 1.82) is 0 Å². The molecule has 1 unspecified atom stereocenters. The van der Waals surface area contributed by atoms with Crippen molar-refractivity contribution in [2.75, 3.05) is 23.0 Å². The summed E-state index contributed by atoms with van der Waals surface area (Å²) in [4.78, 5) is 41.8. The van der Waals surface area contributed by atoms with E-state index < -0.39 is 17.8 Å². The number of nitrogens with zero attached hydrogens (tertiary/aromatic N) is 2. The van der Waals surface area contributed by atoms with E-state index in [1.807, 2.05) is 19.1 Å². The van der Waals surface area contributed by atoms with Gasteiger partial charge in [0.25, 0.3) is 11.8 Å². The molecule has 0 spiro atoms. The van der Waals surface area contributed by atoms with Gasteiger partial charge in [-0.05, 0) is 81.5 Å². The molecule has 2 aromatic rings. The molecule has 178 valence electrons. The molecule has 2 heterocycles. The number of carbonyl (C=O) groups excluding carboxylic acids is 3. The number of carbonyl (C=O) groups is 3. The Kier molecular flexibility index (Phi) is 6.21. The number of hydrogen-bond donors (Lipinski definition) is 1. The van der Waals surface area contributed by atoms with Gasteiger partial charge in [-0.15, -0.1) is 0 Å². The number of hydrogen-bond acceptors (Lipinski definition) is 5. The minimum atomic E-state index is -0.777. The quantitative estimate of drug-likeness (QED) is 0.508. The Morgan fingerprint density at radius 3 is 2.59 bits per heavy atom. The smallest absolute Gasteiger partial charge is 0.335 e. The van der Waals surface area contributed by atoms with Crippen LogP contribution < -0.4 is 19.9 Å². The van der Waals surface area contributed by atoms with Gasteiger partial charge < -0.3 is 9.64 Å². The Bertz CT molecular complexity index is 1180. The van der Waals surface area contributed by atoms with E-state index in [2.05, 4.69) is 44.0 Å². The molecule has 2 aliphatic heterocycles. The first kappa shape index (κ1) is 23.5. The molecule has 1 saturated heterocycles. The molecule has 1 atom stereocenters. The van der Waals surface area contributed by atoms with Gasteiger partial charge in [-0.1, -0.05) is 19.1 Å². The number of anilines is 2. The van der Waals surface area contributed by atoms with Crippen LogP contribution >= 0.6 is 0 Å². The lowest BCUT2D eigenvalue weighted by atomic mass is 9.79. The van der Waals surface area contributed by atoms with E-state index in [1.54, 1.807) is 30.3 Å². The van der Waals surface area contributed by atoms with Gasteiger partial charge in [0.1, 0.15) is 11.3 Å². The molecule has 2 aromatic carbocycles. The van der Waals surface area contributed by atoms with Crippen LogP contribution in [0, 0.1) is 0 Å². The lowest BCUT2D eigenvalue weighted by Gasteiger charge is -2.47. The Hall–Kier alpha value is -3.61. The lowest BCUT2D eigenvalue weighted by Crippen LogP contribution is -2.54. The van der Waals surface area contributed by atoms with Crippen LogP contribution in [0.5, 0.6) is 5.75 Å². The van der Waals surface area contributed by atoms with Gasteiger partial charge >= 0.3 is 6.03 Å². The molecular weight excluding hydrogens is 430 g/mol. The molecule has 4 rings (SSSR count). The monoisotopic (exact) mass is 461 g/mol. The van der Waals surface area contributed by atoms with Gasteiger partial charge in [0.05, 0.1) is 12.3 Å². The Balaban J connectivity index is 1.71. The second-order valence-electron chi connectivity index (χ2n) is 9.37. The SMILES string of the molecule is CCOc1cccc(N2C(=O)NC(=O)/C(=C/c3ccc4c(c3)C(C)CC(C)(C)N4CC)C2=O)c1. The van der Waals surface area contributed by atoms with Crippen LogP contribution in [0.25, 0.3) is 6.08 Å². The summed E-state index contributed by atoms with van der Waals surface area (Å²) in [7, 11) is 0. The molecule has 7 heteroatoms. The van der Waals surface area contributed by atoms with Crippen molar-refractivity contribution in [2.45, 2.75) is 52.5 Å². The van der Waals surface area contributed by atoms with Crippen molar-refractivity contribution in [3.05, 3.63) is 59.2 Å². The normalized spacial score (nSPS) is 20.9. The van der Waals surface area contributed by atoms with Gasteiger partial charge in [-0.2, -0.15) is 0 Å². The summed E-state index contributed by atoms with van der Waals surface area (Å²) in [6.45, 7) is 12.1. The Morgan fingerprint density at radius 1 is 1.12 bits per heavy atom. The number of rotatable bonds is 5. The molecule has 0 radical (unpaired) electrons. The van der Waals surface area contributed by atoms with Crippen LogP contribution in [0.3, 0.4) is 0 Å². The summed E-state index contributed by atoms with van der Waals surface area (Å²) < 4.78 is 5.49. The number of benzene rings is 2. The van der Waals surface area contributed by atoms with Crippen molar-refractivity contribution in [1.82, 2.24) is 5.32 Å². The standard InChI is InChI=1S/C27H31N3O4/c1-6-29-23-12-11-18(13-21(23)17(3)16-27(29,4)5)14-22-24(31)28-26(33)30(25(22)32)19-9-8-10-20(15-19)34-7-2/h8-15,17H,6-7,16H2,1-5H3,(H,28,31,33)/b22-14-. The van der Waals surface area contributed by atoms with Crippen LogP contribution in [0.1, 0.15) is 58.1 Å². The zero-order valence-electron chi connectivity index (χ0n) is 20.3. The fraction of sp³-hybridized carbons (Fsp3) is 0.370. The van der Waals surface area contributed by atoms with Crippen molar-refractivity contribution in [2.24, 2.45) is 0 Å². The first-order valence-corrected chi connectivity index (χ1v) is 11.7. The lowest BCUT2D eigenvalue weighted by molar-refractivity contribution is -0.122. The summed E-state index contributed by atoms with van der Waals surface area (Å²) >= 11 is 0. The molecule has 1 fully saturated rings. The second-order valence-corrected chi connectivity index (χ2v) is 9.37. The maximum absolute atomic E-state index is 13.3. The zero-order chi connectivity index (χ0) is 24.6. The van der Waals surface area contributed by atoms with Gasteiger partial charge in [0.2, 0.25) is 0 Å². The van der Waals surface area contributed by atoms with E-state index in [0.717, 1.165) is 23.4 Å². The molecule has 2 aliphatic rings. The van der Waals surface area contributed by atoms with Crippen LogP contribution in [0.15, 0.2) is 48.0 Å². The molecule has 0 saturated carbocycles. The highest BCUT2D eigenvalue weighted by atomic mass is 16.5. The van der Waals surface area contributed by atoms with Crippen molar-refractivity contribution in [3.63, 3.8) is 0 Å². The highest BCUT2D eigenvalue weighted by Crippen LogP contribution is 2.43. The fourth-order valence-electron chi connectivity index (χ4n) is 5.13. The maximum Gasteiger partial charge on any atom is 0.335 e. The molecule has 0 aromatic heterocycles. The highest BCUT2D eigenvalue weighted by molar-refractivity contribution is 6.39. The number of amides is 4. The van der Waals surface area contributed by atoms with Crippen LogP contribution in [0.4, 0.5) is 16.2 Å². The molecule has 0 bridgehead atoms. The van der Waals surface area contributed by atoms with Crippen molar-refractivity contribution >= 4 is 35.3 Å². The number of barbiturate groups is 1. The zero-order valence-corrected chi connectivity index (χ0v) is 20.3. The van der Waals surface area contributed by atoms with E-state index in [-0.39, 0.29) is 11.1 Å². The average molecular weight is 462 g/mol. The fourth-order valence-corrected chi connectivity index (χ4v) is 5.13. The van der Waals surface area contributed by atoms with E-state index in [9.17, 15) is 14.4 Å². The average Bonchev–Trinajstić information content (AvgIpc) is 2.77. The molecule has 4 amide bonds. The molecular formula is C27H31N3O4. The van der Waals surface area contributed by atoms with Crippen LogP contribution in [-0.2, 0) is 9.59 Å². The number of imide groups is 2. The minimum absolute atomic E-state index is 0.0528. The summed E-state index contributed by atoms with van der Waals surface area (Å²) in [5.41, 5.74) is 3.42. The second kappa shape index (κ2) is 8.97. The predicted octanol–water partition coefficient (Wildman–Crippen LogP) is 4.86. The van der Waals surface area contributed by atoms with E-state index in [4.69, 9.17) is 4.74 Å². The molecule has 7 nitrogen and oxygen atoms in total. The van der Waals surface area contributed by atoms with Gasteiger partial charge in [0.15, 0.2) is 0 Å². The predicted molar refractivity (Wildman–Crippen MR) is 133 cm³/mol. The third kappa shape index (κ3) is 4.18. The highest BCUT2D eigenvalue weighted by Gasteiger charge is 2.38. The number of fused-ring (bicyclic) bond motifs is 1. The van der Waals surface area contributed by atoms with Gasteiger partial charge in [-0.3, -0.25) is 14.9 Å².